The summed E-state index contributed by atoms with van der Waals surface area (Å²) in [5.41, 5.74) is 0. The van der Waals surface area contributed by atoms with Gasteiger partial charge in [0.25, 0.3) is 0 Å². The van der Waals surface area contributed by atoms with Crippen LogP contribution in [0.1, 0.15) is 44.9 Å². The maximum atomic E-state index is 12.2. The minimum absolute atomic E-state index is 0. The first kappa shape index (κ1) is 21.2. The van der Waals surface area contributed by atoms with Crippen molar-refractivity contribution >= 4 is 24.2 Å². The number of nitrogens with zero attached hydrogens (tertiary/aromatic N) is 1. The summed E-state index contributed by atoms with van der Waals surface area (Å²) in [6.07, 6.45) is 8.15. The number of amides is 2. The van der Waals surface area contributed by atoms with E-state index in [1.165, 1.54) is 38.5 Å². The first-order valence-electron chi connectivity index (χ1n) is 8.98. The zero-order valence-corrected chi connectivity index (χ0v) is 15.5. The maximum Gasteiger partial charge on any atom is 0.225 e. The highest BCUT2D eigenvalue weighted by atomic mass is 35.5. The van der Waals surface area contributed by atoms with Crippen LogP contribution in [-0.2, 0) is 14.3 Å². The van der Waals surface area contributed by atoms with E-state index in [9.17, 15) is 9.59 Å². The molecule has 24 heavy (non-hydrogen) atoms. The number of methoxy groups -OCH3 is 1. The topological polar surface area (TPSA) is 70.7 Å². The third kappa shape index (κ3) is 6.95. The second-order valence-electron chi connectivity index (χ2n) is 6.67. The first-order valence-corrected chi connectivity index (χ1v) is 8.98. The molecule has 1 saturated carbocycles. The minimum atomic E-state index is -0.211. The average Bonchev–Trinajstić information content (AvgIpc) is 2.75. The molecule has 0 aromatic heterocycles. The van der Waals surface area contributed by atoms with Crippen molar-refractivity contribution in [1.29, 1.82) is 0 Å². The molecule has 2 N–H and O–H groups in total. The van der Waals surface area contributed by atoms with E-state index >= 15 is 0 Å². The number of hydrogen-bond donors (Lipinski definition) is 2. The monoisotopic (exact) mass is 361 g/mol. The molecular formula is C17H32ClN3O3. The number of nitrogens with one attached hydrogen (secondary N) is 2. The molecule has 1 heterocycles. The molecule has 7 heteroatoms. The minimum Gasteiger partial charge on any atom is -0.383 e. The van der Waals surface area contributed by atoms with E-state index < -0.39 is 0 Å². The largest absolute Gasteiger partial charge is 0.383 e. The highest BCUT2D eigenvalue weighted by molar-refractivity contribution is 5.89. The Morgan fingerprint density at radius 1 is 1.21 bits per heavy atom. The normalized spacial score (nSPS) is 22.1. The molecule has 1 aliphatic carbocycles. The Hall–Kier alpha value is -0.850. The molecule has 2 aliphatic rings. The summed E-state index contributed by atoms with van der Waals surface area (Å²) in [4.78, 5) is 25.7. The summed E-state index contributed by atoms with van der Waals surface area (Å²) in [5.74, 6) is -0.156. The van der Waals surface area contributed by atoms with Crippen LogP contribution in [0, 0.1) is 5.92 Å². The van der Waals surface area contributed by atoms with E-state index in [4.69, 9.17) is 4.74 Å². The van der Waals surface area contributed by atoms with Crippen molar-refractivity contribution in [3.05, 3.63) is 0 Å². The second kappa shape index (κ2) is 11.7. The Labute approximate surface area is 151 Å². The van der Waals surface area contributed by atoms with Crippen LogP contribution in [-0.4, -0.2) is 62.7 Å². The van der Waals surface area contributed by atoms with Crippen LogP contribution >= 0.6 is 12.4 Å². The fraction of sp³-hybridized carbons (Fsp3) is 0.882. The van der Waals surface area contributed by atoms with Crippen molar-refractivity contribution in [2.45, 2.75) is 51.0 Å². The van der Waals surface area contributed by atoms with E-state index in [1.54, 1.807) is 12.0 Å². The zero-order chi connectivity index (χ0) is 16.5. The quantitative estimate of drug-likeness (QED) is 0.505. The Bertz CT molecular complexity index is 387. The molecule has 2 rings (SSSR count). The molecule has 1 unspecified atom stereocenters. The lowest BCUT2D eigenvalue weighted by atomic mass is 10.1. The number of carbonyl (C=O) groups is 2. The number of carbonyl (C=O) groups excluding carboxylic acids is 2. The van der Waals surface area contributed by atoms with Gasteiger partial charge in [0.15, 0.2) is 0 Å². The van der Waals surface area contributed by atoms with Crippen LogP contribution in [0.25, 0.3) is 0 Å². The molecule has 140 valence electrons. The van der Waals surface area contributed by atoms with Crippen molar-refractivity contribution in [3.8, 4) is 0 Å². The summed E-state index contributed by atoms with van der Waals surface area (Å²) in [6, 6.07) is 0.604. The highest BCUT2D eigenvalue weighted by Gasteiger charge is 2.33. The van der Waals surface area contributed by atoms with Gasteiger partial charge in [0.1, 0.15) is 0 Å². The Morgan fingerprint density at radius 2 is 1.92 bits per heavy atom. The van der Waals surface area contributed by atoms with Gasteiger partial charge < -0.3 is 20.3 Å². The summed E-state index contributed by atoms with van der Waals surface area (Å²) in [7, 11) is 1.62. The van der Waals surface area contributed by atoms with Gasteiger partial charge in [-0.05, 0) is 12.8 Å². The van der Waals surface area contributed by atoms with E-state index in [1.807, 2.05) is 0 Å². The number of ether oxygens (including phenoxy) is 1. The van der Waals surface area contributed by atoms with Crippen LogP contribution in [0.15, 0.2) is 0 Å². The Kier molecular flexibility index (Phi) is 10.3. The van der Waals surface area contributed by atoms with Gasteiger partial charge >= 0.3 is 0 Å². The van der Waals surface area contributed by atoms with Gasteiger partial charge in [0.05, 0.1) is 12.5 Å². The van der Waals surface area contributed by atoms with Crippen LogP contribution < -0.4 is 10.6 Å². The molecule has 0 aromatic carbocycles. The number of likely N-dealkylation sites (tertiary alicyclic amines) is 1. The van der Waals surface area contributed by atoms with Gasteiger partial charge in [-0.15, -0.1) is 12.4 Å². The lowest BCUT2D eigenvalue weighted by Gasteiger charge is -2.17. The zero-order valence-electron chi connectivity index (χ0n) is 14.7. The van der Waals surface area contributed by atoms with Gasteiger partial charge in [-0.1, -0.05) is 25.7 Å². The van der Waals surface area contributed by atoms with E-state index in [0.717, 1.165) is 6.54 Å². The molecule has 6 nitrogen and oxygen atoms in total. The molecule has 2 amide bonds. The van der Waals surface area contributed by atoms with Crippen molar-refractivity contribution in [2.24, 2.45) is 5.92 Å². The average molecular weight is 362 g/mol. The fourth-order valence-electron chi connectivity index (χ4n) is 3.46. The molecule has 1 saturated heterocycles. The molecule has 1 atom stereocenters. The Balaban J connectivity index is 0.00000288. The SMILES string of the molecule is COCCN1CC(C(=O)NCCNC2CCCCCC2)CC1=O.Cl. The van der Waals surface area contributed by atoms with Crippen LogP contribution in [0.3, 0.4) is 0 Å². The lowest BCUT2D eigenvalue weighted by molar-refractivity contribution is -0.129. The molecular weight excluding hydrogens is 330 g/mol. The first-order chi connectivity index (χ1) is 11.2. The maximum absolute atomic E-state index is 12.2. The van der Waals surface area contributed by atoms with Gasteiger partial charge in [-0.3, -0.25) is 9.59 Å². The summed E-state index contributed by atoms with van der Waals surface area (Å²) in [6.45, 7) is 3.06. The van der Waals surface area contributed by atoms with E-state index in [0.29, 0.717) is 38.7 Å². The second-order valence-corrected chi connectivity index (χ2v) is 6.67. The molecule has 0 radical (unpaired) electrons. The summed E-state index contributed by atoms with van der Waals surface area (Å²) >= 11 is 0. The van der Waals surface area contributed by atoms with Crippen LogP contribution in [0.2, 0.25) is 0 Å². The predicted molar refractivity (Wildman–Crippen MR) is 96.3 cm³/mol. The standard InChI is InChI=1S/C17H31N3O3.ClH/c1-23-11-10-20-13-14(12-16(20)21)17(22)19-9-8-18-15-6-4-2-3-5-7-15;/h14-15,18H,2-13H2,1H3,(H,19,22);1H. The van der Waals surface area contributed by atoms with Crippen LogP contribution in [0.5, 0.6) is 0 Å². The van der Waals surface area contributed by atoms with Crippen molar-refractivity contribution in [3.63, 3.8) is 0 Å². The van der Waals surface area contributed by atoms with Gasteiger partial charge in [0.2, 0.25) is 11.8 Å². The lowest BCUT2D eigenvalue weighted by Crippen LogP contribution is -2.39. The number of halogens is 1. The van der Waals surface area contributed by atoms with E-state index in [2.05, 4.69) is 10.6 Å². The van der Waals surface area contributed by atoms with Crippen molar-refractivity contribution < 1.29 is 14.3 Å². The van der Waals surface area contributed by atoms with Gasteiger partial charge in [-0.2, -0.15) is 0 Å². The number of rotatable bonds is 8. The number of hydrogen-bond acceptors (Lipinski definition) is 4. The molecule has 1 aliphatic heterocycles. The summed E-state index contributed by atoms with van der Waals surface area (Å²) in [5, 5.41) is 6.51. The fourth-order valence-corrected chi connectivity index (χ4v) is 3.46. The van der Waals surface area contributed by atoms with Gasteiger partial charge in [0, 0.05) is 45.8 Å². The molecule has 0 spiro atoms. The Morgan fingerprint density at radius 3 is 2.58 bits per heavy atom. The molecule has 0 aromatic rings. The summed E-state index contributed by atoms with van der Waals surface area (Å²) < 4.78 is 4.99. The van der Waals surface area contributed by atoms with E-state index in [-0.39, 0.29) is 30.1 Å². The van der Waals surface area contributed by atoms with Crippen molar-refractivity contribution in [1.82, 2.24) is 15.5 Å². The smallest absolute Gasteiger partial charge is 0.225 e. The van der Waals surface area contributed by atoms with Gasteiger partial charge in [-0.25, -0.2) is 0 Å². The molecule has 0 bridgehead atoms. The predicted octanol–water partition coefficient (Wildman–Crippen LogP) is 1.33. The third-order valence-corrected chi connectivity index (χ3v) is 4.86. The molecule has 2 fully saturated rings. The van der Waals surface area contributed by atoms with Crippen LogP contribution in [0.4, 0.5) is 0 Å². The van der Waals surface area contributed by atoms with Crippen molar-refractivity contribution in [2.75, 3.05) is 39.9 Å². The third-order valence-electron chi connectivity index (χ3n) is 4.86. The highest BCUT2D eigenvalue weighted by Crippen LogP contribution is 2.18.